The fraction of sp³-hybridized carbons (Fsp3) is 0.500. The molecule has 0 aliphatic heterocycles. The third-order valence-corrected chi connectivity index (χ3v) is 1.38. The molecule has 0 N–H and O–H groups in total. The van der Waals surface area contributed by atoms with Crippen LogP contribution in [0.1, 0.15) is 30.3 Å². The summed E-state index contributed by atoms with van der Waals surface area (Å²) in [6, 6.07) is 1.48. The molecule has 1 rings (SSSR count). The normalized spacial score (nSPS) is 9.75. The van der Waals surface area contributed by atoms with Crippen LogP contribution in [0.4, 0.5) is 0 Å². The van der Waals surface area contributed by atoms with Crippen LogP contribution in [0.3, 0.4) is 0 Å². The number of rotatable bonds is 4. The summed E-state index contributed by atoms with van der Waals surface area (Å²) in [5.41, 5.74) is 0.228. The first-order chi connectivity index (χ1) is 5.84. The van der Waals surface area contributed by atoms with Crippen LogP contribution in [-0.4, -0.2) is 17.7 Å². The largest absolute Gasteiger partial charge is 0.461 e. The lowest BCUT2D eigenvalue weighted by atomic mass is 10.4. The molecule has 0 aliphatic carbocycles. The van der Waals surface area contributed by atoms with Crippen LogP contribution in [0.2, 0.25) is 0 Å². The summed E-state index contributed by atoms with van der Waals surface area (Å²) >= 11 is 0. The number of hydrogen-bond donors (Lipinski definition) is 0. The molecule has 0 saturated heterocycles. The summed E-state index contributed by atoms with van der Waals surface area (Å²) in [5, 5.41) is 3.45. The van der Waals surface area contributed by atoms with Gasteiger partial charge in [-0.25, -0.2) is 4.79 Å². The molecule has 1 aromatic rings. The number of hydrogen-bond acceptors (Lipinski definition) is 4. The molecule has 4 heteroatoms. The number of aromatic nitrogens is 1. The highest BCUT2D eigenvalue weighted by Gasteiger charge is 2.08. The smallest absolute Gasteiger partial charge is 0.360 e. The Morgan fingerprint density at radius 3 is 3.17 bits per heavy atom. The second-order valence-corrected chi connectivity index (χ2v) is 2.37. The summed E-state index contributed by atoms with van der Waals surface area (Å²) in [7, 11) is 0. The summed E-state index contributed by atoms with van der Waals surface area (Å²) in [5.74, 6) is -0.419. The number of carbonyl (C=O) groups excluding carboxylic acids is 1. The van der Waals surface area contributed by atoms with Crippen molar-refractivity contribution >= 4 is 5.97 Å². The molecule has 0 aliphatic rings. The molecule has 0 atom stereocenters. The van der Waals surface area contributed by atoms with E-state index >= 15 is 0 Å². The Kier molecular flexibility index (Phi) is 3.32. The summed E-state index contributed by atoms with van der Waals surface area (Å²) in [6.07, 6.45) is 3.23. The van der Waals surface area contributed by atoms with Gasteiger partial charge in [-0.3, -0.25) is 0 Å². The van der Waals surface area contributed by atoms with E-state index in [1.807, 2.05) is 6.92 Å². The zero-order chi connectivity index (χ0) is 8.81. The molecule has 0 saturated carbocycles. The van der Waals surface area contributed by atoms with E-state index in [0.717, 1.165) is 12.8 Å². The van der Waals surface area contributed by atoms with Gasteiger partial charge in [0, 0.05) is 6.07 Å². The second-order valence-electron chi connectivity index (χ2n) is 2.37. The van der Waals surface area contributed by atoms with Gasteiger partial charge in [-0.1, -0.05) is 18.5 Å². The van der Waals surface area contributed by atoms with Gasteiger partial charge in [0.25, 0.3) is 0 Å². The maximum atomic E-state index is 11.0. The zero-order valence-corrected chi connectivity index (χ0v) is 6.95. The first kappa shape index (κ1) is 8.77. The quantitative estimate of drug-likeness (QED) is 0.507. The van der Waals surface area contributed by atoms with Crippen LogP contribution in [0.5, 0.6) is 0 Å². The van der Waals surface area contributed by atoms with Gasteiger partial charge in [-0.05, 0) is 6.42 Å². The van der Waals surface area contributed by atoms with E-state index in [-0.39, 0.29) is 5.69 Å². The molecular weight excluding hydrogens is 158 g/mol. The topological polar surface area (TPSA) is 52.3 Å². The maximum Gasteiger partial charge on any atom is 0.360 e. The number of ether oxygens (including phenoxy) is 1. The summed E-state index contributed by atoms with van der Waals surface area (Å²) in [4.78, 5) is 11.0. The lowest BCUT2D eigenvalue weighted by molar-refractivity contribution is 0.0488. The minimum atomic E-state index is -0.419. The number of nitrogens with zero attached hydrogens (tertiary/aromatic N) is 1. The fourth-order valence-electron chi connectivity index (χ4n) is 0.701. The van der Waals surface area contributed by atoms with Crippen LogP contribution in [0.15, 0.2) is 16.9 Å². The Bertz CT molecular complexity index is 230. The van der Waals surface area contributed by atoms with Crippen molar-refractivity contribution in [1.82, 2.24) is 5.16 Å². The van der Waals surface area contributed by atoms with E-state index < -0.39 is 5.97 Å². The first-order valence-corrected chi connectivity index (χ1v) is 3.92. The highest BCUT2D eigenvalue weighted by Crippen LogP contribution is 1.98. The van der Waals surface area contributed by atoms with Gasteiger partial charge in [-0.2, -0.15) is 0 Å². The minimum absolute atomic E-state index is 0.228. The third-order valence-electron chi connectivity index (χ3n) is 1.38. The summed E-state index contributed by atoms with van der Waals surface area (Å²) in [6.45, 7) is 2.48. The van der Waals surface area contributed by atoms with Crippen molar-refractivity contribution in [2.24, 2.45) is 0 Å². The lowest BCUT2D eigenvalue weighted by Crippen LogP contribution is -2.06. The van der Waals surface area contributed by atoms with E-state index in [0.29, 0.717) is 6.61 Å². The summed E-state index contributed by atoms with van der Waals surface area (Å²) < 4.78 is 9.36. The van der Waals surface area contributed by atoms with Crippen molar-refractivity contribution in [2.45, 2.75) is 19.8 Å². The Hall–Kier alpha value is -1.32. The molecule has 0 aromatic carbocycles. The lowest BCUT2D eigenvalue weighted by Gasteiger charge is -1.99. The molecule has 1 heterocycles. The monoisotopic (exact) mass is 169 g/mol. The van der Waals surface area contributed by atoms with Gasteiger partial charge in [0.05, 0.1) is 6.61 Å². The molecule has 1 aromatic heterocycles. The zero-order valence-electron chi connectivity index (χ0n) is 6.95. The van der Waals surface area contributed by atoms with E-state index in [4.69, 9.17) is 4.74 Å². The van der Waals surface area contributed by atoms with E-state index in [1.54, 1.807) is 0 Å². The van der Waals surface area contributed by atoms with Crippen molar-refractivity contribution in [3.8, 4) is 0 Å². The SMILES string of the molecule is CCCCOC(=O)c1ccon1. The van der Waals surface area contributed by atoms with Gasteiger partial charge < -0.3 is 9.26 Å². The average molecular weight is 169 g/mol. The fourth-order valence-corrected chi connectivity index (χ4v) is 0.701. The minimum Gasteiger partial charge on any atom is -0.461 e. The standard InChI is InChI=1S/C8H11NO3/c1-2-3-5-11-8(10)7-4-6-12-9-7/h4,6H,2-3,5H2,1H3. The number of unbranched alkanes of at least 4 members (excludes halogenated alkanes) is 1. The molecule has 0 unspecified atom stereocenters. The van der Waals surface area contributed by atoms with Gasteiger partial charge >= 0.3 is 5.97 Å². The third kappa shape index (κ3) is 2.38. The van der Waals surface area contributed by atoms with Crippen LogP contribution in [-0.2, 0) is 4.74 Å². The van der Waals surface area contributed by atoms with Gasteiger partial charge in [-0.15, -0.1) is 0 Å². The number of esters is 1. The Labute approximate surface area is 70.5 Å². The Balaban J connectivity index is 2.30. The molecule has 0 bridgehead atoms. The maximum absolute atomic E-state index is 11.0. The average Bonchev–Trinajstić information content (AvgIpc) is 2.56. The van der Waals surface area contributed by atoms with Crippen LogP contribution < -0.4 is 0 Å². The van der Waals surface area contributed by atoms with Crippen LogP contribution in [0, 0.1) is 0 Å². The van der Waals surface area contributed by atoms with Gasteiger partial charge in [0.1, 0.15) is 6.26 Å². The molecular formula is C8H11NO3. The first-order valence-electron chi connectivity index (χ1n) is 3.92. The molecule has 66 valence electrons. The Morgan fingerprint density at radius 1 is 1.75 bits per heavy atom. The Morgan fingerprint density at radius 2 is 2.58 bits per heavy atom. The van der Waals surface area contributed by atoms with E-state index in [9.17, 15) is 4.79 Å². The predicted molar refractivity (Wildman–Crippen MR) is 41.7 cm³/mol. The highest BCUT2D eigenvalue weighted by molar-refractivity contribution is 5.86. The molecule has 0 amide bonds. The van der Waals surface area contributed by atoms with Crippen molar-refractivity contribution in [1.29, 1.82) is 0 Å². The van der Waals surface area contributed by atoms with Crippen LogP contribution in [0.25, 0.3) is 0 Å². The van der Waals surface area contributed by atoms with Crippen LogP contribution >= 0.6 is 0 Å². The molecule has 4 nitrogen and oxygen atoms in total. The van der Waals surface area contributed by atoms with Crippen molar-refractivity contribution in [2.75, 3.05) is 6.61 Å². The van der Waals surface area contributed by atoms with Gasteiger partial charge in [0.2, 0.25) is 0 Å². The molecule has 0 spiro atoms. The molecule has 12 heavy (non-hydrogen) atoms. The highest BCUT2D eigenvalue weighted by atomic mass is 16.5. The van der Waals surface area contributed by atoms with Crippen molar-refractivity contribution in [3.05, 3.63) is 18.0 Å². The molecule has 0 fully saturated rings. The second kappa shape index (κ2) is 4.54. The van der Waals surface area contributed by atoms with E-state index in [2.05, 4.69) is 9.68 Å². The van der Waals surface area contributed by atoms with E-state index in [1.165, 1.54) is 12.3 Å². The predicted octanol–water partition coefficient (Wildman–Crippen LogP) is 1.63. The van der Waals surface area contributed by atoms with Gasteiger partial charge in [0.15, 0.2) is 5.69 Å². The number of carbonyl (C=O) groups is 1. The van der Waals surface area contributed by atoms with Crippen molar-refractivity contribution in [3.63, 3.8) is 0 Å². The molecule has 0 radical (unpaired) electrons. The van der Waals surface area contributed by atoms with Crippen molar-refractivity contribution < 1.29 is 14.1 Å².